The number of aryl methyl sites for hydroxylation is 4. The zero-order valence-electron chi connectivity index (χ0n) is 33.2. The Morgan fingerprint density at radius 3 is 2.41 bits per heavy atom. The molecule has 1 unspecified atom stereocenters. The Hall–Kier alpha value is -4.80. The molecule has 4 heterocycles. The Morgan fingerprint density at radius 2 is 1.67 bits per heavy atom. The maximum atomic E-state index is 13.2. The molecule has 2 atom stereocenters. The number of ketones is 2. The van der Waals surface area contributed by atoms with Crippen molar-refractivity contribution >= 4 is 57.2 Å². The average molecular weight is 830 g/mol. The molecule has 2 aliphatic rings. The van der Waals surface area contributed by atoms with Crippen LogP contribution in [0.5, 0.6) is 0 Å². The number of nitrogens with one attached hydrogen (secondary N) is 1. The Kier molecular flexibility index (Phi) is 13.1. The van der Waals surface area contributed by atoms with E-state index < -0.39 is 12.1 Å². The number of Topliss-reactive ketones (excluding diaryl/α,β-unsaturated/α-hetero) is 2. The van der Waals surface area contributed by atoms with Crippen LogP contribution in [0.1, 0.15) is 83.0 Å². The van der Waals surface area contributed by atoms with Crippen LogP contribution in [-0.2, 0) is 42.1 Å². The van der Waals surface area contributed by atoms with Crippen LogP contribution < -0.4 is 11.0 Å². The van der Waals surface area contributed by atoms with Crippen molar-refractivity contribution in [3.63, 3.8) is 0 Å². The van der Waals surface area contributed by atoms with Gasteiger partial charge in [-0.25, -0.2) is 4.79 Å². The number of aromatic nitrogens is 5. The normalized spacial score (nSPS) is 16.7. The second kappa shape index (κ2) is 18.4. The number of thiophene rings is 1. The van der Waals surface area contributed by atoms with Crippen LogP contribution in [0.4, 0.5) is 0 Å². The highest BCUT2D eigenvalue weighted by Gasteiger charge is 2.33. The molecule has 1 aliphatic carbocycles. The van der Waals surface area contributed by atoms with E-state index in [1.807, 2.05) is 54.0 Å². The van der Waals surface area contributed by atoms with Crippen LogP contribution in [0.3, 0.4) is 0 Å². The molecular weight excluding hydrogens is 782 g/mol. The first-order valence-corrected chi connectivity index (χ1v) is 20.8. The van der Waals surface area contributed by atoms with Crippen molar-refractivity contribution in [1.82, 2.24) is 29.2 Å². The minimum absolute atomic E-state index is 0.0682. The Labute approximate surface area is 345 Å². The molecule has 0 spiro atoms. The maximum absolute atomic E-state index is 13.2. The number of fused-ring (bicyclic) bond motifs is 4. The van der Waals surface area contributed by atoms with E-state index in [2.05, 4.69) is 29.4 Å². The fourth-order valence-electron chi connectivity index (χ4n) is 7.70. The lowest BCUT2D eigenvalue weighted by molar-refractivity contribution is -0.132. The molecule has 306 valence electrons. The minimum atomic E-state index is -0.605. The summed E-state index contributed by atoms with van der Waals surface area (Å²) in [6.45, 7) is 8.91. The number of rotatable bonds is 17. The van der Waals surface area contributed by atoms with Crippen LogP contribution in [-0.4, -0.2) is 93.3 Å². The zero-order chi connectivity index (χ0) is 40.9. The molecule has 1 aliphatic heterocycles. The molecule has 1 N–H and O–H groups in total. The summed E-state index contributed by atoms with van der Waals surface area (Å²) in [6, 6.07) is 12.2. The van der Waals surface area contributed by atoms with Crippen LogP contribution in [0.25, 0.3) is 16.0 Å². The number of halogens is 1. The van der Waals surface area contributed by atoms with Gasteiger partial charge >= 0.3 is 5.69 Å². The highest BCUT2D eigenvalue weighted by atomic mass is 35.5. The molecule has 0 bridgehead atoms. The van der Waals surface area contributed by atoms with E-state index in [9.17, 15) is 19.2 Å². The highest BCUT2D eigenvalue weighted by Crippen LogP contribution is 2.39. The summed E-state index contributed by atoms with van der Waals surface area (Å²) in [5, 5.41) is 13.4. The number of hydrogen-bond donors (Lipinski definition) is 1. The van der Waals surface area contributed by atoms with Crippen molar-refractivity contribution in [1.29, 1.82) is 0 Å². The van der Waals surface area contributed by atoms with Gasteiger partial charge in [0.15, 0.2) is 11.6 Å². The number of hydrogen-bond acceptors (Lipinski definition) is 11. The molecule has 1 amide bonds. The fraction of sp³-hybridized carbons (Fsp3) is 0.452. The SMILES string of the molecule is Cc1sc2c(c1C)C(c1ccc(Cl)cc1)=N[C@@H](CC(=O)NCCOCCOCCOCCCc1cccc3c1n(C)c(=O)n3C1CCC(=O)CC1=O)c1nnc(C)n1-2. The van der Waals surface area contributed by atoms with Gasteiger partial charge in [-0.05, 0) is 69.4 Å². The lowest BCUT2D eigenvalue weighted by atomic mass is 9.92. The third-order valence-corrected chi connectivity index (χ3v) is 12.2. The fourth-order valence-corrected chi connectivity index (χ4v) is 9.04. The molecule has 16 heteroatoms. The Morgan fingerprint density at radius 1 is 0.948 bits per heavy atom. The first kappa shape index (κ1) is 41.4. The number of benzene rings is 2. The molecule has 2 aromatic carbocycles. The Balaban J connectivity index is 0.811. The molecule has 3 aromatic heterocycles. The van der Waals surface area contributed by atoms with Crippen molar-refractivity contribution in [2.24, 2.45) is 12.0 Å². The van der Waals surface area contributed by atoms with Gasteiger partial charge in [0.25, 0.3) is 0 Å². The third kappa shape index (κ3) is 8.78. The van der Waals surface area contributed by atoms with Gasteiger partial charge in [-0.1, -0.05) is 35.9 Å². The Bertz CT molecular complexity index is 2410. The van der Waals surface area contributed by atoms with E-state index in [-0.39, 0.29) is 36.0 Å². The van der Waals surface area contributed by atoms with Gasteiger partial charge in [0.05, 0.1) is 68.7 Å². The molecule has 58 heavy (non-hydrogen) atoms. The quantitative estimate of drug-likeness (QED) is 0.0943. The average Bonchev–Trinajstić information content (AvgIpc) is 3.78. The van der Waals surface area contributed by atoms with Crippen molar-refractivity contribution in [3.05, 3.63) is 96.8 Å². The van der Waals surface area contributed by atoms with E-state index in [0.29, 0.717) is 76.3 Å². The monoisotopic (exact) mass is 829 g/mol. The standard InChI is InChI=1S/C42H48ClN7O7S/c1-25-26(2)58-41-37(25)38(28-10-12-30(43)13-11-28)45-32(40-47-46-27(3)49(40)41)24-36(53)44-16-18-56-20-22-57-21-19-55-17-6-8-29-7-5-9-34-39(29)48(4)42(54)50(34)33-15-14-31(51)23-35(33)52/h5,7,9-13,32-33H,6,8,14-24H2,1-4H3,(H,44,53)/t32-,33?/m0/s1. The highest BCUT2D eigenvalue weighted by molar-refractivity contribution is 7.15. The summed E-state index contributed by atoms with van der Waals surface area (Å²) >= 11 is 7.89. The summed E-state index contributed by atoms with van der Waals surface area (Å²) in [6.07, 6.45) is 2.09. The maximum Gasteiger partial charge on any atom is 0.329 e. The van der Waals surface area contributed by atoms with Gasteiger partial charge in [0.2, 0.25) is 5.91 Å². The van der Waals surface area contributed by atoms with Gasteiger partial charge in [-0.3, -0.25) is 33.1 Å². The summed E-state index contributed by atoms with van der Waals surface area (Å²) < 4.78 is 22.3. The summed E-state index contributed by atoms with van der Waals surface area (Å²) in [4.78, 5) is 57.1. The predicted molar refractivity (Wildman–Crippen MR) is 222 cm³/mol. The molecule has 5 aromatic rings. The lowest BCUT2D eigenvalue weighted by Gasteiger charge is -2.21. The molecule has 14 nitrogen and oxygen atoms in total. The van der Waals surface area contributed by atoms with Crippen molar-refractivity contribution in [3.8, 4) is 5.00 Å². The summed E-state index contributed by atoms with van der Waals surface area (Å²) in [7, 11) is 1.72. The van der Waals surface area contributed by atoms with Crippen LogP contribution >= 0.6 is 22.9 Å². The number of para-hydroxylation sites is 1. The minimum Gasteiger partial charge on any atom is -0.379 e. The van der Waals surface area contributed by atoms with Gasteiger partial charge in [0.1, 0.15) is 22.7 Å². The molecule has 1 saturated carbocycles. The van der Waals surface area contributed by atoms with E-state index in [1.165, 1.54) is 4.88 Å². The summed E-state index contributed by atoms with van der Waals surface area (Å²) in [5.74, 6) is 0.932. The number of carbonyl (C=O) groups excluding carboxylic acids is 3. The van der Waals surface area contributed by atoms with Gasteiger partial charge in [0, 0.05) is 47.6 Å². The van der Waals surface area contributed by atoms with Gasteiger partial charge in [-0.15, -0.1) is 21.5 Å². The van der Waals surface area contributed by atoms with E-state index >= 15 is 0 Å². The number of nitrogens with zero attached hydrogens (tertiary/aromatic N) is 6. The number of ether oxygens (including phenoxy) is 3. The molecule has 7 rings (SSSR count). The second-order valence-corrected chi connectivity index (χ2v) is 16.3. The van der Waals surface area contributed by atoms with Crippen LogP contribution in [0.15, 0.2) is 52.3 Å². The topological polar surface area (TPSA) is 161 Å². The second-order valence-electron chi connectivity index (χ2n) is 14.6. The van der Waals surface area contributed by atoms with Gasteiger partial charge in [-0.2, -0.15) is 0 Å². The van der Waals surface area contributed by atoms with E-state index in [4.69, 9.17) is 30.8 Å². The number of aliphatic imine (C=N–C) groups is 1. The van der Waals surface area contributed by atoms with E-state index in [0.717, 1.165) is 56.2 Å². The number of imidazole rings is 1. The first-order chi connectivity index (χ1) is 28.0. The molecular formula is C42H48ClN7O7S. The van der Waals surface area contributed by atoms with E-state index in [1.54, 1.807) is 27.5 Å². The predicted octanol–water partition coefficient (Wildman–Crippen LogP) is 5.51. The molecule has 1 fully saturated rings. The van der Waals surface area contributed by atoms with Crippen molar-refractivity contribution < 1.29 is 28.6 Å². The third-order valence-electron chi connectivity index (χ3n) is 10.7. The largest absolute Gasteiger partial charge is 0.379 e. The van der Waals surface area contributed by atoms with Crippen LogP contribution in [0.2, 0.25) is 5.02 Å². The number of carbonyl (C=O) groups is 3. The smallest absolute Gasteiger partial charge is 0.329 e. The lowest BCUT2D eigenvalue weighted by Crippen LogP contribution is -2.34. The number of amides is 1. The zero-order valence-corrected chi connectivity index (χ0v) is 34.8. The van der Waals surface area contributed by atoms with Crippen LogP contribution in [0, 0.1) is 20.8 Å². The molecule has 0 radical (unpaired) electrons. The van der Waals surface area contributed by atoms with Crippen molar-refractivity contribution in [2.45, 2.75) is 71.4 Å². The van der Waals surface area contributed by atoms with Gasteiger partial charge < -0.3 is 19.5 Å². The molecule has 0 saturated heterocycles. The van der Waals surface area contributed by atoms with Crippen molar-refractivity contribution in [2.75, 3.05) is 46.2 Å². The first-order valence-electron chi connectivity index (χ1n) is 19.6. The summed E-state index contributed by atoms with van der Waals surface area (Å²) in [5.41, 5.74) is 6.15.